The summed E-state index contributed by atoms with van der Waals surface area (Å²) in [7, 11) is 0. The highest BCUT2D eigenvalue weighted by atomic mass is 16.4. The predicted molar refractivity (Wildman–Crippen MR) is 55.7 cm³/mol. The Labute approximate surface area is 82.9 Å². The Bertz CT molecular complexity index is 319. The highest BCUT2D eigenvalue weighted by molar-refractivity contribution is 5.68. The van der Waals surface area contributed by atoms with Crippen molar-refractivity contribution in [2.45, 2.75) is 12.5 Å². The van der Waals surface area contributed by atoms with E-state index in [1.54, 1.807) is 6.08 Å². The second kappa shape index (κ2) is 5.19. The zero-order chi connectivity index (χ0) is 10.4. The monoisotopic (exact) mass is 191 g/mol. The lowest BCUT2D eigenvalue weighted by Gasteiger charge is -2.00. The van der Waals surface area contributed by atoms with Crippen LogP contribution in [0.2, 0.25) is 0 Å². The highest BCUT2D eigenvalue weighted by Gasteiger charge is 2.02. The van der Waals surface area contributed by atoms with Gasteiger partial charge in [-0.25, -0.2) is 0 Å². The molecule has 1 atom stereocenters. The SMILES string of the molecule is N[C@@H](/C=C/c1ccccc1)CC(=O)O. The molecule has 14 heavy (non-hydrogen) atoms. The number of carboxylic acids is 1. The maximum atomic E-state index is 10.3. The third kappa shape index (κ3) is 3.87. The summed E-state index contributed by atoms with van der Waals surface area (Å²) in [5, 5.41) is 8.47. The molecule has 0 fully saturated rings. The minimum atomic E-state index is -0.879. The molecule has 0 amide bonds. The molecule has 0 radical (unpaired) electrons. The molecule has 3 N–H and O–H groups in total. The Morgan fingerprint density at radius 2 is 2.07 bits per heavy atom. The molecule has 0 aromatic heterocycles. The fourth-order valence-corrected chi connectivity index (χ4v) is 1.07. The third-order valence-corrected chi connectivity index (χ3v) is 1.75. The number of carboxylic acid groups (broad SMARTS) is 1. The fraction of sp³-hybridized carbons (Fsp3) is 0.182. The lowest BCUT2D eigenvalue weighted by atomic mass is 10.1. The number of carbonyl (C=O) groups is 1. The van der Waals surface area contributed by atoms with Gasteiger partial charge < -0.3 is 10.8 Å². The van der Waals surface area contributed by atoms with Gasteiger partial charge in [-0.3, -0.25) is 4.79 Å². The Hall–Kier alpha value is -1.61. The van der Waals surface area contributed by atoms with Crippen molar-refractivity contribution in [3.63, 3.8) is 0 Å². The van der Waals surface area contributed by atoms with E-state index in [0.29, 0.717) is 0 Å². The van der Waals surface area contributed by atoms with Crippen LogP contribution in [0.1, 0.15) is 12.0 Å². The van der Waals surface area contributed by atoms with Gasteiger partial charge in [-0.2, -0.15) is 0 Å². The van der Waals surface area contributed by atoms with Crippen LogP contribution >= 0.6 is 0 Å². The summed E-state index contributed by atoms with van der Waals surface area (Å²) in [6.07, 6.45) is 3.49. The number of benzene rings is 1. The minimum Gasteiger partial charge on any atom is -0.481 e. The van der Waals surface area contributed by atoms with Gasteiger partial charge in [0.15, 0.2) is 0 Å². The van der Waals surface area contributed by atoms with Crippen LogP contribution in [0.4, 0.5) is 0 Å². The largest absolute Gasteiger partial charge is 0.481 e. The average Bonchev–Trinajstić information content (AvgIpc) is 2.15. The lowest BCUT2D eigenvalue weighted by Crippen LogP contribution is -2.20. The molecule has 0 unspecified atom stereocenters. The molecule has 0 saturated heterocycles. The first-order valence-corrected chi connectivity index (χ1v) is 4.39. The van der Waals surface area contributed by atoms with Crippen LogP contribution in [0.15, 0.2) is 36.4 Å². The summed E-state index contributed by atoms with van der Waals surface area (Å²) in [6, 6.07) is 9.21. The highest BCUT2D eigenvalue weighted by Crippen LogP contribution is 2.02. The minimum absolute atomic E-state index is 0.0384. The smallest absolute Gasteiger partial charge is 0.305 e. The summed E-state index contributed by atoms with van der Waals surface area (Å²) in [4.78, 5) is 10.3. The van der Waals surface area contributed by atoms with E-state index in [1.807, 2.05) is 36.4 Å². The van der Waals surface area contributed by atoms with Crippen LogP contribution < -0.4 is 5.73 Å². The van der Waals surface area contributed by atoms with Crippen LogP contribution in [0.3, 0.4) is 0 Å². The Morgan fingerprint density at radius 3 is 2.64 bits per heavy atom. The summed E-state index contributed by atoms with van der Waals surface area (Å²) in [5.41, 5.74) is 6.58. The topological polar surface area (TPSA) is 63.3 Å². The molecule has 0 aliphatic carbocycles. The predicted octanol–water partition coefficient (Wildman–Crippen LogP) is 1.50. The number of aliphatic carboxylic acids is 1. The molecular weight excluding hydrogens is 178 g/mol. The van der Waals surface area contributed by atoms with Crippen molar-refractivity contribution < 1.29 is 9.90 Å². The molecule has 0 aliphatic rings. The van der Waals surface area contributed by atoms with E-state index in [4.69, 9.17) is 10.8 Å². The van der Waals surface area contributed by atoms with Gasteiger partial charge in [0.25, 0.3) is 0 Å². The molecule has 0 spiro atoms. The van der Waals surface area contributed by atoms with E-state index in [1.165, 1.54) is 0 Å². The Balaban J connectivity index is 2.52. The first kappa shape index (κ1) is 10.5. The molecular formula is C11H13NO2. The lowest BCUT2D eigenvalue weighted by molar-refractivity contribution is -0.137. The molecule has 0 saturated carbocycles. The van der Waals surface area contributed by atoms with Crippen LogP contribution in [-0.2, 0) is 4.79 Å². The van der Waals surface area contributed by atoms with Crippen molar-refractivity contribution in [1.29, 1.82) is 0 Å². The number of nitrogens with two attached hydrogens (primary N) is 1. The first-order chi connectivity index (χ1) is 6.68. The second-order valence-corrected chi connectivity index (χ2v) is 3.03. The summed E-state index contributed by atoms with van der Waals surface area (Å²) in [6.45, 7) is 0. The molecule has 1 rings (SSSR count). The van der Waals surface area contributed by atoms with Gasteiger partial charge in [0.1, 0.15) is 0 Å². The van der Waals surface area contributed by atoms with Crippen molar-refractivity contribution >= 4 is 12.0 Å². The van der Waals surface area contributed by atoms with Crippen LogP contribution in [0.5, 0.6) is 0 Å². The molecule has 3 heteroatoms. The quantitative estimate of drug-likeness (QED) is 0.758. The summed E-state index contributed by atoms with van der Waals surface area (Å²) < 4.78 is 0. The van der Waals surface area contributed by atoms with E-state index < -0.39 is 12.0 Å². The van der Waals surface area contributed by atoms with E-state index in [0.717, 1.165) is 5.56 Å². The normalized spacial score (nSPS) is 12.9. The molecule has 3 nitrogen and oxygen atoms in total. The number of hydrogen-bond acceptors (Lipinski definition) is 2. The van der Waals surface area contributed by atoms with Gasteiger partial charge in [-0.1, -0.05) is 42.5 Å². The van der Waals surface area contributed by atoms with Crippen LogP contribution in [0, 0.1) is 0 Å². The van der Waals surface area contributed by atoms with Crippen molar-refractivity contribution in [1.82, 2.24) is 0 Å². The van der Waals surface area contributed by atoms with Gasteiger partial charge in [0, 0.05) is 6.04 Å². The Morgan fingerprint density at radius 1 is 1.43 bits per heavy atom. The zero-order valence-corrected chi connectivity index (χ0v) is 7.76. The first-order valence-electron chi connectivity index (χ1n) is 4.39. The number of hydrogen-bond donors (Lipinski definition) is 2. The zero-order valence-electron chi connectivity index (χ0n) is 7.76. The van der Waals surface area contributed by atoms with Crippen LogP contribution in [0.25, 0.3) is 6.08 Å². The Kier molecular flexibility index (Phi) is 3.88. The molecule has 0 bridgehead atoms. The third-order valence-electron chi connectivity index (χ3n) is 1.75. The molecule has 1 aromatic rings. The van der Waals surface area contributed by atoms with Crippen molar-refractivity contribution in [3.8, 4) is 0 Å². The molecule has 0 heterocycles. The van der Waals surface area contributed by atoms with Crippen LogP contribution in [-0.4, -0.2) is 17.1 Å². The van der Waals surface area contributed by atoms with E-state index in [9.17, 15) is 4.79 Å². The molecule has 74 valence electrons. The number of rotatable bonds is 4. The maximum absolute atomic E-state index is 10.3. The van der Waals surface area contributed by atoms with Gasteiger partial charge >= 0.3 is 5.97 Å². The van der Waals surface area contributed by atoms with Gasteiger partial charge in [0.05, 0.1) is 6.42 Å². The average molecular weight is 191 g/mol. The fourth-order valence-electron chi connectivity index (χ4n) is 1.07. The van der Waals surface area contributed by atoms with Crippen molar-refractivity contribution in [2.75, 3.05) is 0 Å². The van der Waals surface area contributed by atoms with Gasteiger partial charge in [0.2, 0.25) is 0 Å². The van der Waals surface area contributed by atoms with E-state index in [2.05, 4.69) is 0 Å². The van der Waals surface area contributed by atoms with E-state index in [-0.39, 0.29) is 6.42 Å². The van der Waals surface area contributed by atoms with Crippen molar-refractivity contribution in [2.24, 2.45) is 5.73 Å². The molecule has 0 aliphatic heterocycles. The second-order valence-electron chi connectivity index (χ2n) is 3.03. The van der Waals surface area contributed by atoms with Gasteiger partial charge in [-0.15, -0.1) is 0 Å². The summed E-state index contributed by atoms with van der Waals surface area (Å²) >= 11 is 0. The maximum Gasteiger partial charge on any atom is 0.305 e. The van der Waals surface area contributed by atoms with E-state index >= 15 is 0 Å². The standard InChI is InChI=1S/C11H13NO2/c12-10(8-11(13)14)7-6-9-4-2-1-3-5-9/h1-7,10H,8,12H2,(H,13,14)/b7-6+/t10-/m0/s1. The molecule has 1 aromatic carbocycles. The van der Waals surface area contributed by atoms with Gasteiger partial charge in [-0.05, 0) is 5.56 Å². The summed E-state index contributed by atoms with van der Waals surface area (Å²) in [5.74, 6) is -0.879. The van der Waals surface area contributed by atoms with Crippen molar-refractivity contribution in [3.05, 3.63) is 42.0 Å².